The molecule has 0 bridgehead atoms. The lowest BCUT2D eigenvalue weighted by atomic mass is 10.1. The van der Waals surface area contributed by atoms with Crippen LogP contribution >= 0.6 is 11.6 Å². The molecule has 2 aromatic heterocycles. The van der Waals surface area contributed by atoms with Gasteiger partial charge in [-0.1, -0.05) is 11.6 Å². The van der Waals surface area contributed by atoms with Gasteiger partial charge in [-0.2, -0.15) is 13.2 Å². The maximum absolute atomic E-state index is 12.5. The van der Waals surface area contributed by atoms with Crippen molar-refractivity contribution in [3.8, 4) is 0 Å². The summed E-state index contributed by atoms with van der Waals surface area (Å²) in [4.78, 5) is 7.63. The van der Waals surface area contributed by atoms with Crippen molar-refractivity contribution in [3.05, 3.63) is 52.9 Å². The predicted octanol–water partition coefficient (Wildman–Crippen LogP) is 4.32. The summed E-state index contributed by atoms with van der Waals surface area (Å²) in [5.74, 6) is 0.212. The van der Waals surface area contributed by atoms with Gasteiger partial charge in [-0.3, -0.25) is 4.98 Å². The maximum atomic E-state index is 12.5. The molecule has 0 aliphatic heterocycles. The van der Waals surface area contributed by atoms with Crippen molar-refractivity contribution >= 4 is 17.4 Å². The van der Waals surface area contributed by atoms with E-state index in [-0.39, 0.29) is 16.9 Å². The highest BCUT2D eigenvalue weighted by atomic mass is 35.5. The second-order valence-electron chi connectivity index (χ2n) is 4.20. The molecule has 1 N–H and O–H groups in total. The van der Waals surface area contributed by atoms with E-state index in [9.17, 15) is 13.2 Å². The zero-order chi connectivity index (χ0) is 14.8. The molecular formula is C13H11ClF3N3. The lowest BCUT2D eigenvalue weighted by molar-refractivity contribution is -0.137. The zero-order valence-corrected chi connectivity index (χ0v) is 11.2. The van der Waals surface area contributed by atoms with E-state index in [0.29, 0.717) is 0 Å². The predicted molar refractivity (Wildman–Crippen MR) is 70.5 cm³/mol. The van der Waals surface area contributed by atoms with Crippen molar-refractivity contribution in [1.29, 1.82) is 0 Å². The molecule has 0 aromatic carbocycles. The summed E-state index contributed by atoms with van der Waals surface area (Å²) < 4.78 is 37.5. The molecule has 2 rings (SSSR count). The van der Waals surface area contributed by atoms with Gasteiger partial charge in [-0.25, -0.2) is 4.98 Å². The lowest BCUT2D eigenvalue weighted by Crippen LogP contribution is -2.10. The van der Waals surface area contributed by atoms with Crippen molar-refractivity contribution < 1.29 is 13.2 Å². The van der Waals surface area contributed by atoms with Crippen molar-refractivity contribution in [2.24, 2.45) is 0 Å². The summed E-state index contributed by atoms with van der Waals surface area (Å²) in [6.45, 7) is 1.85. The van der Waals surface area contributed by atoms with Gasteiger partial charge in [0, 0.05) is 18.6 Å². The van der Waals surface area contributed by atoms with Gasteiger partial charge in [-0.15, -0.1) is 0 Å². The van der Waals surface area contributed by atoms with Gasteiger partial charge >= 0.3 is 6.18 Å². The van der Waals surface area contributed by atoms with Crippen LogP contribution in [0.25, 0.3) is 0 Å². The molecule has 0 radical (unpaired) electrons. The standard InChI is InChI=1S/C13H11ClF3N3/c1-8(9-2-4-18-5-3-9)20-12-11(14)6-10(7-19-12)13(15,16)17/h2-8H,1H3,(H,19,20). The lowest BCUT2D eigenvalue weighted by Gasteiger charge is -2.16. The van der Waals surface area contributed by atoms with Crippen molar-refractivity contribution in [2.45, 2.75) is 19.1 Å². The Bertz CT molecular complexity index is 587. The Hall–Kier alpha value is -1.82. The van der Waals surface area contributed by atoms with Crippen LogP contribution in [0, 0.1) is 0 Å². The van der Waals surface area contributed by atoms with Gasteiger partial charge in [0.25, 0.3) is 0 Å². The van der Waals surface area contributed by atoms with Crippen molar-refractivity contribution in [3.63, 3.8) is 0 Å². The normalized spacial score (nSPS) is 13.1. The summed E-state index contributed by atoms with van der Waals surface area (Å²) in [7, 11) is 0. The summed E-state index contributed by atoms with van der Waals surface area (Å²) in [5.41, 5.74) is 0.0578. The quantitative estimate of drug-likeness (QED) is 0.917. The Kier molecular flexibility index (Phi) is 4.13. The molecule has 20 heavy (non-hydrogen) atoms. The average Bonchev–Trinajstić information content (AvgIpc) is 2.41. The minimum atomic E-state index is -4.45. The minimum Gasteiger partial charge on any atom is -0.362 e. The number of anilines is 1. The fraction of sp³-hybridized carbons (Fsp3) is 0.231. The number of nitrogens with one attached hydrogen (secondary N) is 1. The Morgan fingerprint density at radius 1 is 1.25 bits per heavy atom. The van der Waals surface area contributed by atoms with Crippen LogP contribution in [0.2, 0.25) is 5.02 Å². The molecule has 0 spiro atoms. The fourth-order valence-electron chi connectivity index (χ4n) is 1.64. The number of alkyl halides is 3. The average molecular weight is 302 g/mol. The Morgan fingerprint density at radius 2 is 1.90 bits per heavy atom. The molecule has 0 saturated carbocycles. The molecule has 0 aliphatic rings. The first-order valence-corrected chi connectivity index (χ1v) is 6.15. The number of hydrogen-bond donors (Lipinski definition) is 1. The van der Waals surface area contributed by atoms with Crippen LogP contribution in [0.4, 0.5) is 19.0 Å². The summed E-state index contributed by atoms with van der Waals surface area (Å²) in [5, 5.41) is 2.90. The van der Waals surface area contributed by atoms with E-state index in [1.54, 1.807) is 24.5 Å². The van der Waals surface area contributed by atoms with E-state index in [2.05, 4.69) is 15.3 Å². The van der Waals surface area contributed by atoms with Crippen LogP contribution in [-0.2, 0) is 6.18 Å². The van der Waals surface area contributed by atoms with Crippen LogP contribution in [-0.4, -0.2) is 9.97 Å². The Morgan fingerprint density at radius 3 is 2.45 bits per heavy atom. The summed E-state index contributed by atoms with van der Waals surface area (Å²) in [6, 6.07) is 4.31. The van der Waals surface area contributed by atoms with Gasteiger partial charge in [0.1, 0.15) is 5.82 Å². The third kappa shape index (κ3) is 3.39. The first kappa shape index (κ1) is 14.6. The molecule has 7 heteroatoms. The van der Waals surface area contributed by atoms with E-state index in [1.807, 2.05) is 6.92 Å². The van der Waals surface area contributed by atoms with E-state index >= 15 is 0 Å². The monoisotopic (exact) mass is 301 g/mol. The molecule has 0 fully saturated rings. The highest BCUT2D eigenvalue weighted by Gasteiger charge is 2.31. The van der Waals surface area contributed by atoms with Gasteiger partial charge in [0.05, 0.1) is 16.6 Å². The number of rotatable bonds is 3. The van der Waals surface area contributed by atoms with E-state index in [4.69, 9.17) is 11.6 Å². The highest BCUT2D eigenvalue weighted by Crippen LogP contribution is 2.33. The highest BCUT2D eigenvalue weighted by molar-refractivity contribution is 6.33. The molecule has 0 amide bonds. The molecule has 0 aliphatic carbocycles. The Labute approximate surface area is 118 Å². The van der Waals surface area contributed by atoms with Crippen molar-refractivity contribution in [2.75, 3.05) is 5.32 Å². The first-order chi connectivity index (χ1) is 9.38. The van der Waals surface area contributed by atoms with Gasteiger partial charge < -0.3 is 5.32 Å². The third-order valence-corrected chi connectivity index (χ3v) is 3.02. The molecule has 0 saturated heterocycles. The van der Waals surface area contributed by atoms with Gasteiger partial charge in [0.15, 0.2) is 0 Å². The summed E-state index contributed by atoms with van der Waals surface area (Å²) in [6.07, 6.45) is -0.427. The number of nitrogens with zero attached hydrogens (tertiary/aromatic N) is 2. The third-order valence-electron chi connectivity index (χ3n) is 2.73. The topological polar surface area (TPSA) is 37.8 Å². The number of hydrogen-bond acceptors (Lipinski definition) is 3. The van der Waals surface area contributed by atoms with Crippen LogP contribution in [0.15, 0.2) is 36.8 Å². The second-order valence-corrected chi connectivity index (χ2v) is 4.61. The SMILES string of the molecule is CC(Nc1ncc(C(F)(F)F)cc1Cl)c1ccncc1. The van der Waals surface area contributed by atoms with E-state index < -0.39 is 11.7 Å². The number of pyridine rings is 2. The van der Waals surface area contributed by atoms with Crippen LogP contribution in [0.1, 0.15) is 24.1 Å². The molecular weight excluding hydrogens is 291 g/mol. The molecule has 2 aromatic rings. The van der Waals surface area contributed by atoms with Crippen LogP contribution < -0.4 is 5.32 Å². The fourth-order valence-corrected chi connectivity index (χ4v) is 1.86. The van der Waals surface area contributed by atoms with Crippen LogP contribution in [0.3, 0.4) is 0 Å². The smallest absolute Gasteiger partial charge is 0.362 e. The zero-order valence-electron chi connectivity index (χ0n) is 10.4. The van der Waals surface area contributed by atoms with E-state index in [0.717, 1.165) is 17.8 Å². The number of aromatic nitrogens is 2. The maximum Gasteiger partial charge on any atom is 0.417 e. The molecule has 1 atom stereocenters. The molecule has 106 valence electrons. The van der Waals surface area contributed by atoms with Gasteiger partial charge in [-0.05, 0) is 30.7 Å². The van der Waals surface area contributed by atoms with E-state index in [1.165, 1.54) is 0 Å². The molecule has 1 unspecified atom stereocenters. The van der Waals surface area contributed by atoms with Crippen LogP contribution in [0.5, 0.6) is 0 Å². The minimum absolute atomic E-state index is 0.0688. The number of halogens is 4. The molecule has 2 heterocycles. The first-order valence-electron chi connectivity index (χ1n) is 5.77. The summed E-state index contributed by atoms with van der Waals surface area (Å²) >= 11 is 5.83. The Balaban J connectivity index is 2.18. The second kappa shape index (κ2) is 5.66. The largest absolute Gasteiger partial charge is 0.417 e. The van der Waals surface area contributed by atoms with Gasteiger partial charge in [0.2, 0.25) is 0 Å². The molecule has 3 nitrogen and oxygen atoms in total. The van der Waals surface area contributed by atoms with Crippen molar-refractivity contribution in [1.82, 2.24) is 9.97 Å².